The van der Waals surface area contributed by atoms with Crippen LogP contribution in [0.5, 0.6) is 0 Å². The molecule has 3 aromatic rings. The summed E-state index contributed by atoms with van der Waals surface area (Å²) >= 11 is 1.56. The minimum absolute atomic E-state index is 0.0812. The molecule has 1 heterocycles. The van der Waals surface area contributed by atoms with Crippen molar-refractivity contribution in [2.45, 2.75) is 13.8 Å². The molecule has 2 aromatic carbocycles. The topological polar surface area (TPSA) is 54.0 Å². The number of nitrogens with one attached hydrogen (secondary N) is 2. The molecule has 0 fully saturated rings. The number of benzene rings is 2. The first-order valence-electron chi connectivity index (χ1n) is 7.28. The van der Waals surface area contributed by atoms with Crippen molar-refractivity contribution in [3.05, 3.63) is 59.5 Å². The quantitative estimate of drug-likeness (QED) is 0.723. The highest BCUT2D eigenvalue weighted by molar-refractivity contribution is 7.14. The van der Waals surface area contributed by atoms with Crippen LogP contribution in [0, 0.1) is 6.92 Å². The number of para-hydroxylation sites is 1. The standard InChI is InChI=1S/C18H17N3OS/c1-12-6-3-4-9-16(12)20-18-21-17(11-23-18)14-7-5-8-15(10-14)19-13(2)22/h3-11H,1-2H3,(H,19,22)(H,20,21). The van der Waals surface area contributed by atoms with Gasteiger partial charge in [0, 0.05) is 29.2 Å². The molecule has 23 heavy (non-hydrogen) atoms. The van der Waals surface area contributed by atoms with E-state index in [4.69, 9.17) is 0 Å². The minimum atomic E-state index is -0.0812. The van der Waals surface area contributed by atoms with Gasteiger partial charge in [-0.2, -0.15) is 0 Å². The monoisotopic (exact) mass is 323 g/mol. The summed E-state index contributed by atoms with van der Waals surface area (Å²) in [6, 6.07) is 15.8. The molecule has 116 valence electrons. The zero-order valence-electron chi connectivity index (χ0n) is 13.0. The summed E-state index contributed by atoms with van der Waals surface area (Å²) in [6.45, 7) is 3.56. The van der Waals surface area contributed by atoms with Crippen molar-refractivity contribution in [2.24, 2.45) is 0 Å². The Labute approximate surface area is 139 Å². The first-order chi connectivity index (χ1) is 11.1. The van der Waals surface area contributed by atoms with Crippen LogP contribution in [0.3, 0.4) is 0 Å². The van der Waals surface area contributed by atoms with Crippen LogP contribution in [-0.4, -0.2) is 10.9 Å². The molecule has 0 saturated carbocycles. The molecule has 4 nitrogen and oxygen atoms in total. The van der Waals surface area contributed by atoms with E-state index in [1.54, 1.807) is 11.3 Å². The number of carbonyl (C=O) groups excluding carboxylic acids is 1. The number of hydrogen-bond donors (Lipinski definition) is 2. The SMILES string of the molecule is CC(=O)Nc1cccc(-c2csc(Nc3ccccc3C)n2)c1. The Balaban J connectivity index is 1.82. The van der Waals surface area contributed by atoms with Crippen molar-refractivity contribution in [2.75, 3.05) is 10.6 Å². The number of amides is 1. The maximum Gasteiger partial charge on any atom is 0.221 e. The van der Waals surface area contributed by atoms with Crippen molar-refractivity contribution in [3.8, 4) is 11.3 Å². The van der Waals surface area contributed by atoms with E-state index in [1.807, 2.05) is 47.8 Å². The second-order valence-electron chi connectivity index (χ2n) is 5.24. The summed E-state index contributed by atoms with van der Waals surface area (Å²) in [6.07, 6.45) is 0. The summed E-state index contributed by atoms with van der Waals surface area (Å²) in [5.41, 5.74) is 4.87. The molecular weight excluding hydrogens is 306 g/mol. The molecule has 0 radical (unpaired) electrons. The highest BCUT2D eigenvalue weighted by Gasteiger charge is 2.07. The van der Waals surface area contributed by atoms with Crippen molar-refractivity contribution in [1.82, 2.24) is 4.98 Å². The molecule has 3 rings (SSSR count). The molecule has 0 atom stereocenters. The molecule has 0 bridgehead atoms. The molecule has 0 saturated heterocycles. The van der Waals surface area contributed by atoms with Gasteiger partial charge in [-0.1, -0.05) is 30.3 Å². The lowest BCUT2D eigenvalue weighted by Gasteiger charge is -2.06. The van der Waals surface area contributed by atoms with E-state index >= 15 is 0 Å². The molecule has 0 aliphatic rings. The first-order valence-corrected chi connectivity index (χ1v) is 8.16. The molecule has 2 N–H and O–H groups in total. The Bertz CT molecular complexity index is 842. The van der Waals surface area contributed by atoms with Gasteiger partial charge in [0.25, 0.3) is 0 Å². The molecule has 0 aliphatic heterocycles. The van der Waals surface area contributed by atoms with E-state index in [1.165, 1.54) is 12.5 Å². The van der Waals surface area contributed by atoms with Crippen LogP contribution in [0.25, 0.3) is 11.3 Å². The number of carbonyl (C=O) groups is 1. The zero-order chi connectivity index (χ0) is 16.2. The molecule has 1 aromatic heterocycles. The highest BCUT2D eigenvalue weighted by atomic mass is 32.1. The molecular formula is C18H17N3OS. The number of aryl methyl sites for hydroxylation is 1. The number of hydrogen-bond acceptors (Lipinski definition) is 4. The van der Waals surface area contributed by atoms with Crippen LogP contribution >= 0.6 is 11.3 Å². The molecule has 0 spiro atoms. The second kappa shape index (κ2) is 6.62. The second-order valence-corrected chi connectivity index (χ2v) is 6.10. The Hall–Kier alpha value is -2.66. The molecule has 0 aliphatic carbocycles. The third-order valence-electron chi connectivity index (χ3n) is 3.37. The molecule has 5 heteroatoms. The van der Waals surface area contributed by atoms with E-state index < -0.39 is 0 Å². The molecule has 0 unspecified atom stereocenters. The summed E-state index contributed by atoms with van der Waals surface area (Å²) in [5, 5.41) is 8.99. The van der Waals surface area contributed by atoms with Gasteiger partial charge >= 0.3 is 0 Å². The van der Waals surface area contributed by atoms with Gasteiger partial charge in [-0.25, -0.2) is 4.98 Å². The summed E-state index contributed by atoms with van der Waals surface area (Å²) in [5.74, 6) is -0.0812. The lowest BCUT2D eigenvalue weighted by Crippen LogP contribution is -2.05. The van der Waals surface area contributed by atoms with Gasteiger partial charge in [0.05, 0.1) is 5.69 Å². The fourth-order valence-corrected chi connectivity index (χ4v) is 2.98. The zero-order valence-corrected chi connectivity index (χ0v) is 13.8. The first kappa shape index (κ1) is 15.2. The normalized spacial score (nSPS) is 10.3. The van der Waals surface area contributed by atoms with Crippen molar-refractivity contribution in [1.29, 1.82) is 0 Å². The van der Waals surface area contributed by atoms with Crippen LogP contribution in [0.2, 0.25) is 0 Å². The largest absolute Gasteiger partial charge is 0.331 e. The maximum absolute atomic E-state index is 11.2. The van der Waals surface area contributed by atoms with Gasteiger partial charge in [0.15, 0.2) is 5.13 Å². The third kappa shape index (κ3) is 3.76. The highest BCUT2D eigenvalue weighted by Crippen LogP contribution is 2.29. The maximum atomic E-state index is 11.2. The van der Waals surface area contributed by atoms with Crippen LogP contribution in [0.4, 0.5) is 16.5 Å². The summed E-state index contributed by atoms with van der Waals surface area (Å²) in [4.78, 5) is 15.8. The van der Waals surface area contributed by atoms with Gasteiger partial charge in [0.1, 0.15) is 0 Å². The fraction of sp³-hybridized carbons (Fsp3) is 0.111. The Kier molecular flexibility index (Phi) is 4.39. The average molecular weight is 323 g/mol. The van der Waals surface area contributed by atoms with Crippen LogP contribution in [0.1, 0.15) is 12.5 Å². The average Bonchev–Trinajstić information content (AvgIpc) is 2.98. The van der Waals surface area contributed by atoms with Crippen LogP contribution in [-0.2, 0) is 4.79 Å². The lowest BCUT2D eigenvalue weighted by atomic mass is 10.1. The van der Waals surface area contributed by atoms with Crippen molar-refractivity contribution < 1.29 is 4.79 Å². The predicted molar refractivity (Wildman–Crippen MR) is 96.3 cm³/mol. The van der Waals surface area contributed by atoms with E-state index in [0.717, 1.165) is 27.8 Å². The Morgan fingerprint density at radius 3 is 2.74 bits per heavy atom. The number of nitrogens with zero attached hydrogens (tertiary/aromatic N) is 1. The van der Waals surface area contributed by atoms with Crippen molar-refractivity contribution in [3.63, 3.8) is 0 Å². The van der Waals surface area contributed by atoms with Gasteiger partial charge in [0.2, 0.25) is 5.91 Å². The number of thiazole rings is 1. The van der Waals surface area contributed by atoms with Gasteiger partial charge in [-0.3, -0.25) is 4.79 Å². The van der Waals surface area contributed by atoms with Crippen LogP contribution in [0.15, 0.2) is 53.9 Å². The van der Waals surface area contributed by atoms with Gasteiger partial charge in [-0.15, -0.1) is 11.3 Å². The van der Waals surface area contributed by atoms with E-state index in [0.29, 0.717) is 0 Å². The lowest BCUT2D eigenvalue weighted by molar-refractivity contribution is -0.114. The third-order valence-corrected chi connectivity index (χ3v) is 4.13. The number of anilines is 3. The van der Waals surface area contributed by atoms with Crippen LogP contribution < -0.4 is 10.6 Å². The fourth-order valence-electron chi connectivity index (χ4n) is 2.25. The Morgan fingerprint density at radius 1 is 1.13 bits per heavy atom. The minimum Gasteiger partial charge on any atom is -0.331 e. The smallest absolute Gasteiger partial charge is 0.221 e. The Morgan fingerprint density at radius 2 is 1.96 bits per heavy atom. The van der Waals surface area contributed by atoms with E-state index in [2.05, 4.69) is 28.6 Å². The summed E-state index contributed by atoms with van der Waals surface area (Å²) < 4.78 is 0. The van der Waals surface area contributed by atoms with E-state index in [9.17, 15) is 4.79 Å². The predicted octanol–water partition coefficient (Wildman–Crippen LogP) is 4.82. The molecule has 1 amide bonds. The summed E-state index contributed by atoms with van der Waals surface area (Å²) in [7, 11) is 0. The van der Waals surface area contributed by atoms with Gasteiger partial charge < -0.3 is 10.6 Å². The van der Waals surface area contributed by atoms with Gasteiger partial charge in [-0.05, 0) is 30.7 Å². The van der Waals surface area contributed by atoms with Crippen molar-refractivity contribution >= 4 is 33.8 Å². The number of aromatic nitrogens is 1. The van der Waals surface area contributed by atoms with E-state index in [-0.39, 0.29) is 5.91 Å². The number of rotatable bonds is 4.